The first kappa shape index (κ1) is 12.1. The third-order valence-electron chi connectivity index (χ3n) is 2.91. The number of hydrogen-bond acceptors (Lipinski definition) is 2. The van der Waals surface area contributed by atoms with Crippen molar-refractivity contribution >= 4 is 20.7 Å². The Hall–Kier alpha value is -1.36. The van der Waals surface area contributed by atoms with Crippen molar-refractivity contribution in [1.29, 1.82) is 0 Å². The van der Waals surface area contributed by atoms with E-state index in [1.165, 1.54) is 12.1 Å². The highest BCUT2D eigenvalue weighted by Gasteiger charge is 2.14. The predicted molar refractivity (Wildman–Crippen MR) is 66.0 cm³/mol. The molecule has 0 atom stereocenters. The van der Waals surface area contributed by atoms with E-state index in [-0.39, 0.29) is 17.3 Å². The van der Waals surface area contributed by atoms with Gasteiger partial charge in [-0.2, -0.15) is 0 Å². The van der Waals surface area contributed by atoms with Crippen molar-refractivity contribution in [2.45, 2.75) is 12.7 Å². The van der Waals surface area contributed by atoms with Crippen LogP contribution in [0.1, 0.15) is 12.6 Å². The molecule has 0 spiro atoms. The summed E-state index contributed by atoms with van der Waals surface area (Å²) in [7, 11) is -1.32. The minimum atomic E-state index is -3.07. The molecule has 0 bridgehead atoms. The average Bonchev–Trinajstić information content (AvgIpc) is 2.56. The van der Waals surface area contributed by atoms with Crippen LogP contribution < -0.4 is 0 Å². The van der Waals surface area contributed by atoms with E-state index in [0.717, 1.165) is 5.39 Å². The number of sulfone groups is 1. The average molecular weight is 255 g/mol. The van der Waals surface area contributed by atoms with Gasteiger partial charge in [-0.1, -0.05) is 6.92 Å². The Bertz CT molecular complexity index is 658. The molecule has 0 aliphatic rings. The topological polar surface area (TPSA) is 39.1 Å². The summed E-state index contributed by atoms with van der Waals surface area (Å²) in [4.78, 5) is 0. The number of aromatic nitrogens is 1. The fraction of sp³-hybridized carbons (Fsp3) is 0.333. The number of hydrogen-bond donors (Lipinski definition) is 0. The summed E-state index contributed by atoms with van der Waals surface area (Å²) in [5.74, 6) is -0.206. The van der Waals surface area contributed by atoms with Gasteiger partial charge in [0.25, 0.3) is 0 Å². The highest BCUT2D eigenvalue weighted by atomic mass is 32.2. The monoisotopic (exact) mass is 255 g/mol. The van der Waals surface area contributed by atoms with Crippen LogP contribution in [0, 0.1) is 5.82 Å². The Morgan fingerprint density at radius 1 is 1.29 bits per heavy atom. The second-order valence-corrected chi connectivity index (χ2v) is 6.43. The molecule has 1 aromatic heterocycles. The van der Waals surface area contributed by atoms with Crippen LogP contribution in [0.2, 0.25) is 0 Å². The Labute approximate surface area is 99.8 Å². The molecule has 0 N–H and O–H groups in total. The Kier molecular flexibility index (Phi) is 2.95. The molecule has 2 rings (SSSR count). The van der Waals surface area contributed by atoms with Gasteiger partial charge < -0.3 is 4.57 Å². The second kappa shape index (κ2) is 4.14. The van der Waals surface area contributed by atoms with Crippen LogP contribution in [0.15, 0.2) is 24.3 Å². The van der Waals surface area contributed by atoms with Gasteiger partial charge in [-0.3, -0.25) is 0 Å². The van der Waals surface area contributed by atoms with Gasteiger partial charge in [0.15, 0.2) is 9.84 Å². The van der Waals surface area contributed by atoms with Gasteiger partial charge in [-0.15, -0.1) is 0 Å². The number of rotatable bonds is 3. The minimum Gasteiger partial charge on any atom is -0.347 e. The smallest absolute Gasteiger partial charge is 0.155 e. The Morgan fingerprint density at radius 3 is 2.65 bits per heavy atom. The first-order valence-corrected chi connectivity index (χ1v) is 7.19. The zero-order chi connectivity index (χ0) is 12.6. The summed E-state index contributed by atoms with van der Waals surface area (Å²) in [5, 5.41) is 0.857. The van der Waals surface area contributed by atoms with Crippen molar-refractivity contribution < 1.29 is 12.8 Å². The van der Waals surface area contributed by atoms with Gasteiger partial charge in [0.2, 0.25) is 0 Å². The predicted octanol–water partition coefficient (Wildman–Crippen LogP) is 2.25. The molecule has 0 saturated carbocycles. The van der Waals surface area contributed by atoms with Crippen molar-refractivity contribution in [1.82, 2.24) is 4.57 Å². The molecule has 2 aromatic rings. The second-order valence-electron chi connectivity index (χ2n) is 4.07. The number of benzene rings is 1. The largest absolute Gasteiger partial charge is 0.347 e. The molecule has 1 heterocycles. The van der Waals surface area contributed by atoms with Gasteiger partial charge >= 0.3 is 0 Å². The van der Waals surface area contributed by atoms with E-state index in [0.29, 0.717) is 11.2 Å². The zero-order valence-corrected chi connectivity index (χ0v) is 10.6. The third kappa shape index (κ3) is 2.34. The summed E-state index contributed by atoms with van der Waals surface area (Å²) >= 11 is 0. The van der Waals surface area contributed by atoms with E-state index >= 15 is 0 Å². The van der Waals surface area contributed by atoms with Crippen LogP contribution in [0.5, 0.6) is 0 Å². The lowest BCUT2D eigenvalue weighted by molar-refractivity contribution is 0.595. The van der Waals surface area contributed by atoms with Gasteiger partial charge in [-0.25, -0.2) is 12.8 Å². The molecule has 0 fully saturated rings. The van der Waals surface area contributed by atoms with E-state index in [2.05, 4.69) is 0 Å². The van der Waals surface area contributed by atoms with Crippen molar-refractivity contribution in [3.05, 3.63) is 35.8 Å². The lowest BCUT2D eigenvalue weighted by atomic mass is 10.2. The quantitative estimate of drug-likeness (QED) is 0.843. The number of nitrogens with zero attached hydrogens (tertiary/aromatic N) is 1. The fourth-order valence-corrected chi connectivity index (χ4v) is 2.76. The van der Waals surface area contributed by atoms with Crippen LogP contribution in [-0.4, -0.2) is 18.7 Å². The molecule has 0 saturated heterocycles. The Morgan fingerprint density at radius 2 is 2.00 bits per heavy atom. The number of aryl methyl sites for hydroxylation is 1. The van der Waals surface area contributed by atoms with Crippen LogP contribution >= 0.6 is 0 Å². The maximum Gasteiger partial charge on any atom is 0.155 e. The maximum absolute atomic E-state index is 13.1. The van der Waals surface area contributed by atoms with Crippen LogP contribution in [-0.2, 0) is 22.6 Å². The SMILES string of the molecule is CCS(=O)(=O)Cc1cc2ccc(F)cc2n1C. The molecule has 1 aromatic carbocycles. The highest BCUT2D eigenvalue weighted by molar-refractivity contribution is 7.90. The lowest BCUT2D eigenvalue weighted by Gasteiger charge is -2.04. The number of fused-ring (bicyclic) bond motifs is 1. The molecular formula is C12H14FNO2S. The van der Waals surface area contributed by atoms with E-state index in [1.54, 1.807) is 30.7 Å². The van der Waals surface area contributed by atoms with E-state index < -0.39 is 9.84 Å². The molecule has 92 valence electrons. The van der Waals surface area contributed by atoms with Crippen molar-refractivity contribution in [2.75, 3.05) is 5.75 Å². The van der Waals surface area contributed by atoms with Crippen molar-refractivity contribution in [3.8, 4) is 0 Å². The van der Waals surface area contributed by atoms with Crippen molar-refractivity contribution in [2.24, 2.45) is 7.05 Å². The van der Waals surface area contributed by atoms with Crippen LogP contribution in [0.3, 0.4) is 0 Å². The molecule has 3 nitrogen and oxygen atoms in total. The summed E-state index contributed by atoms with van der Waals surface area (Å²) < 4.78 is 38.0. The summed E-state index contributed by atoms with van der Waals surface area (Å²) in [6, 6.07) is 6.24. The molecule has 0 aliphatic heterocycles. The van der Waals surface area contributed by atoms with E-state index in [9.17, 15) is 12.8 Å². The molecule has 0 amide bonds. The van der Waals surface area contributed by atoms with E-state index in [4.69, 9.17) is 0 Å². The van der Waals surface area contributed by atoms with Crippen molar-refractivity contribution in [3.63, 3.8) is 0 Å². The van der Waals surface area contributed by atoms with E-state index in [1.807, 2.05) is 0 Å². The highest BCUT2D eigenvalue weighted by Crippen LogP contribution is 2.21. The molecule has 0 unspecified atom stereocenters. The third-order valence-corrected chi connectivity index (χ3v) is 4.53. The molecule has 5 heteroatoms. The van der Waals surface area contributed by atoms with Gasteiger partial charge in [0, 0.05) is 23.9 Å². The molecule has 0 aliphatic carbocycles. The molecule has 0 radical (unpaired) electrons. The number of halogens is 1. The molecular weight excluding hydrogens is 241 g/mol. The zero-order valence-electron chi connectivity index (χ0n) is 9.77. The first-order chi connectivity index (χ1) is 7.93. The maximum atomic E-state index is 13.1. The minimum absolute atomic E-state index is 0.00367. The lowest BCUT2D eigenvalue weighted by Crippen LogP contribution is -2.09. The molecule has 17 heavy (non-hydrogen) atoms. The van der Waals surface area contributed by atoms with Gasteiger partial charge in [0.05, 0.1) is 11.3 Å². The summed E-state index contributed by atoms with van der Waals surface area (Å²) in [6.45, 7) is 1.62. The standard InChI is InChI=1S/C12H14FNO2S/c1-3-17(15,16)8-11-6-9-4-5-10(13)7-12(9)14(11)2/h4-7H,3,8H2,1-2H3. The summed E-state index contributed by atoms with van der Waals surface area (Å²) in [5.41, 5.74) is 1.40. The van der Waals surface area contributed by atoms with Crippen LogP contribution in [0.4, 0.5) is 4.39 Å². The fourth-order valence-electron chi connectivity index (χ4n) is 1.83. The Balaban J connectivity index is 2.53. The van der Waals surface area contributed by atoms with Crippen LogP contribution in [0.25, 0.3) is 10.9 Å². The van der Waals surface area contributed by atoms with Gasteiger partial charge in [-0.05, 0) is 24.3 Å². The van der Waals surface area contributed by atoms with Gasteiger partial charge in [0.1, 0.15) is 5.82 Å². The first-order valence-electron chi connectivity index (χ1n) is 5.37. The summed E-state index contributed by atoms with van der Waals surface area (Å²) in [6.07, 6.45) is 0. The normalized spacial score (nSPS) is 12.2.